The molecule has 0 fully saturated rings. The Hall–Kier alpha value is -2.23. The molecule has 0 bridgehead atoms. The molecule has 0 aliphatic rings. The number of alkyl halides is 3. The van der Waals surface area contributed by atoms with Gasteiger partial charge >= 0.3 is 12.3 Å². The van der Waals surface area contributed by atoms with Gasteiger partial charge in [0, 0.05) is 5.56 Å². The van der Waals surface area contributed by atoms with Gasteiger partial charge in [0.2, 0.25) is 0 Å². The van der Waals surface area contributed by atoms with Gasteiger partial charge in [-0.25, -0.2) is 0 Å². The minimum Gasteiger partial charge on any atom is -0.466 e. The fourth-order valence-corrected chi connectivity index (χ4v) is 1.65. The summed E-state index contributed by atoms with van der Waals surface area (Å²) >= 11 is 0. The van der Waals surface area contributed by atoms with Gasteiger partial charge in [0.25, 0.3) is 0 Å². The number of nitriles is 1. The van der Waals surface area contributed by atoms with E-state index in [0.717, 1.165) is 6.07 Å². The third kappa shape index (κ3) is 4.16. The lowest BCUT2D eigenvalue weighted by Gasteiger charge is -2.14. The Kier molecular flexibility index (Phi) is 4.97. The van der Waals surface area contributed by atoms with Crippen molar-refractivity contribution < 1.29 is 27.4 Å². The Bertz CT molecular complexity index is 547. The summed E-state index contributed by atoms with van der Waals surface area (Å²) < 4.78 is 45.1. The average molecular weight is 287 g/mol. The molecule has 0 amide bonds. The van der Waals surface area contributed by atoms with Crippen molar-refractivity contribution in [1.82, 2.24) is 0 Å². The van der Waals surface area contributed by atoms with Crippen LogP contribution in [0.1, 0.15) is 23.6 Å². The van der Waals surface area contributed by atoms with E-state index in [0.29, 0.717) is 5.56 Å². The highest BCUT2D eigenvalue weighted by Gasteiger charge is 2.32. The second-order valence-electron chi connectivity index (χ2n) is 3.86. The van der Waals surface area contributed by atoms with E-state index in [-0.39, 0.29) is 24.2 Å². The van der Waals surface area contributed by atoms with Crippen molar-refractivity contribution in [2.24, 2.45) is 0 Å². The number of rotatable bonds is 4. The Morgan fingerprint density at radius 3 is 2.55 bits per heavy atom. The molecule has 1 aromatic carbocycles. The molecule has 0 aliphatic heterocycles. The van der Waals surface area contributed by atoms with Gasteiger partial charge in [0.05, 0.1) is 24.7 Å². The smallest absolute Gasteiger partial charge is 0.466 e. The number of nitrogens with zero attached hydrogens (tertiary/aromatic N) is 1. The Morgan fingerprint density at radius 2 is 2.05 bits per heavy atom. The van der Waals surface area contributed by atoms with Gasteiger partial charge in [-0.1, -0.05) is 6.07 Å². The summed E-state index contributed by atoms with van der Waals surface area (Å²) in [6, 6.07) is 4.12. The van der Waals surface area contributed by atoms with Gasteiger partial charge in [-0.15, -0.1) is 13.2 Å². The number of ether oxygens (including phenoxy) is 2. The number of carbonyl (C=O) groups excluding carboxylic acids is 1. The predicted octanol–water partition coefficient (Wildman–Crippen LogP) is 2.87. The third-order valence-electron chi connectivity index (χ3n) is 2.48. The number of esters is 1. The number of hydrogen-bond donors (Lipinski definition) is 0. The van der Waals surface area contributed by atoms with Crippen molar-refractivity contribution in [3.63, 3.8) is 0 Å². The van der Waals surface area contributed by atoms with Crippen LogP contribution in [0.4, 0.5) is 13.2 Å². The maximum absolute atomic E-state index is 12.2. The fourth-order valence-electron chi connectivity index (χ4n) is 1.65. The van der Waals surface area contributed by atoms with Crippen molar-refractivity contribution in [2.45, 2.75) is 26.6 Å². The molecule has 4 nitrogen and oxygen atoms in total. The first-order valence-corrected chi connectivity index (χ1v) is 5.72. The van der Waals surface area contributed by atoms with Crippen molar-refractivity contribution in [3.05, 3.63) is 28.8 Å². The molecule has 0 aromatic heterocycles. The second kappa shape index (κ2) is 6.28. The van der Waals surface area contributed by atoms with Gasteiger partial charge in [0.15, 0.2) is 0 Å². The van der Waals surface area contributed by atoms with Gasteiger partial charge in [0.1, 0.15) is 5.75 Å². The maximum atomic E-state index is 12.2. The molecule has 0 aliphatic carbocycles. The van der Waals surface area contributed by atoms with Crippen molar-refractivity contribution in [1.29, 1.82) is 5.26 Å². The Labute approximate surface area is 113 Å². The van der Waals surface area contributed by atoms with Crippen molar-refractivity contribution in [2.75, 3.05) is 6.61 Å². The summed E-state index contributed by atoms with van der Waals surface area (Å²) in [5.74, 6) is -1.01. The van der Waals surface area contributed by atoms with E-state index in [9.17, 15) is 18.0 Å². The van der Waals surface area contributed by atoms with E-state index in [1.807, 2.05) is 0 Å². The first-order chi connectivity index (χ1) is 9.28. The van der Waals surface area contributed by atoms with Crippen LogP contribution in [-0.2, 0) is 16.0 Å². The van der Waals surface area contributed by atoms with Crippen LogP contribution in [0.15, 0.2) is 12.1 Å². The number of hydrogen-bond acceptors (Lipinski definition) is 4. The van der Waals surface area contributed by atoms with E-state index in [4.69, 9.17) is 10.00 Å². The lowest BCUT2D eigenvalue weighted by atomic mass is 10.00. The molecule has 0 unspecified atom stereocenters. The fraction of sp³-hybridized carbons (Fsp3) is 0.385. The molecule has 0 saturated heterocycles. The summed E-state index contributed by atoms with van der Waals surface area (Å²) in [5, 5.41) is 9.03. The minimum absolute atomic E-state index is 0.0141. The maximum Gasteiger partial charge on any atom is 0.573 e. The van der Waals surface area contributed by atoms with Crippen LogP contribution < -0.4 is 4.74 Å². The quantitative estimate of drug-likeness (QED) is 0.799. The normalized spacial score (nSPS) is 10.8. The predicted molar refractivity (Wildman–Crippen MR) is 62.9 cm³/mol. The summed E-state index contributed by atoms with van der Waals surface area (Å²) in [5.41, 5.74) is 0.324. The molecule has 108 valence electrons. The molecule has 0 atom stereocenters. The second-order valence-corrected chi connectivity index (χ2v) is 3.86. The molecule has 0 spiro atoms. The van der Waals surface area contributed by atoms with E-state index >= 15 is 0 Å². The van der Waals surface area contributed by atoms with Gasteiger partial charge in [-0.05, 0) is 25.5 Å². The van der Waals surface area contributed by atoms with Crippen LogP contribution in [0, 0.1) is 18.3 Å². The molecular formula is C13H12F3NO3. The van der Waals surface area contributed by atoms with Crippen molar-refractivity contribution in [3.8, 4) is 11.8 Å². The highest BCUT2D eigenvalue weighted by atomic mass is 19.4. The molecule has 0 heterocycles. The highest BCUT2D eigenvalue weighted by Crippen LogP contribution is 2.29. The summed E-state index contributed by atoms with van der Waals surface area (Å²) in [4.78, 5) is 11.4. The van der Waals surface area contributed by atoms with Crippen LogP contribution in [0.25, 0.3) is 0 Å². The number of halogens is 3. The molecule has 7 heteroatoms. The standard InChI is InChI=1S/C13H12F3NO3/c1-3-19-12(18)6-9-4-5-11(20-13(14,15)16)8(2)10(9)7-17/h4-5H,3,6H2,1-2H3. The Balaban J connectivity index is 3.09. The largest absolute Gasteiger partial charge is 0.573 e. The van der Waals surface area contributed by atoms with Gasteiger partial charge in [-0.2, -0.15) is 5.26 Å². The summed E-state index contributed by atoms with van der Waals surface area (Å²) in [6.07, 6.45) is -5.01. The van der Waals surface area contributed by atoms with Crippen LogP contribution in [0.3, 0.4) is 0 Å². The molecule has 1 aromatic rings. The van der Waals surface area contributed by atoms with Crippen LogP contribution in [0.5, 0.6) is 5.75 Å². The van der Waals surface area contributed by atoms with Gasteiger partial charge in [-0.3, -0.25) is 4.79 Å². The lowest BCUT2D eigenvalue weighted by Crippen LogP contribution is -2.18. The third-order valence-corrected chi connectivity index (χ3v) is 2.48. The first kappa shape index (κ1) is 15.8. The number of benzene rings is 1. The molecule has 0 saturated carbocycles. The monoisotopic (exact) mass is 287 g/mol. The van der Waals surface area contributed by atoms with E-state index in [2.05, 4.69) is 4.74 Å². The van der Waals surface area contributed by atoms with Gasteiger partial charge < -0.3 is 9.47 Å². The lowest BCUT2D eigenvalue weighted by molar-refractivity contribution is -0.274. The summed E-state index contributed by atoms with van der Waals surface area (Å²) in [7, 11) is 0. The topological polar surface area (TPSA) is 59.3 Å². The highest BCUT2D eigenvalue weighted by molar-refractivity contribution is 5.74. The van der Waals surface area contributed by atoms with Crippen molar-refractivity contribution >= 4 is 5.97 Å². The van der Waals surface area contributed by atoms with E-state index in [1.165, 1.54) is 13.0 Å². The zero-order chi connectivity index (χ0) is 15.3. The number of carbonyl (C=O) groups is 1. The molecule has 0 N–H and O–H groups in total. The van der Waals surface area contributed by atoms with Crippen LogP contribution >= 0.6 is 0 Å². The zero-order valence-electron chi connectivity index (χ0n) is 10.9. The van der Waals surface area contributed by atoms with E-state index in [1.54, 1.807) is 13.0 Å². The average Bonchev–Trinajstić information content (AvgIpc) is 2.32. The molecule has 20 heavy (non-hydrogen) atoms. The molecular weight excluding hydrogens is 275 g/mol. The SMILES string of the molecule is CCOC(=O)Cc1ccc(OC(F)(F)F)c(C)c1C#N. The Morgan fingerprint density at radius 1 is 1.40 bits per heavy atom. The molecule has 1 rings (SSSR count). The van der Waals surface area contributed by atoms with Crippen LogP contribution in [0.2, 0.25) is 0 Å². The minimum atomic E-state index is -4.83. The van der Waals surface area contributed by atoms with Crippen LogP contribution in [-0.4, -0.2) is 18.9 Å². The van der Waals surface area contributed by atoms with E-state index < -0.39 is 18.1 Å². The zero-order valence-corrected chi connectivity index (χ0v) is 10.9. The summed E-state index contributed by atoms with van der Waals surface area (Å²) in [6.45, 7) is 3.15. The first-order valence-electron chi connectivity index (χ1n) is 5.72. The molecule has 0 radical (unpaired) electrons.